The van der Waals surface area contributed by atoms with Gasteiger partial charge in [0.2, 0.25) is 5.91 Å². The van der Waals surface area contributed by atoms with E-state index < -0.39 is 0 Å². The fraction of sp³-hybridized carbons (Fsp3) is 0.310. The zero-order valence-electron chi connectivity index (χ0n) is 21.1. The molecule has 0 fully saturated rings. The molecule has 0 unspecified atom stereocenters. The Morgan fingerprint density at radius 2 is 1.76 bits per heavy atom. The van der Waals surface area contributed by atoms with Gasteiger partial charge in [0.25, 0.3) is 5.91 Å². The number of carbonyl (C=O) groups excluding carboxylic acids is 2. The number of anilines is 1. The van der Waals surface area contributed by atoms with E-state index in [0.717, 1.165) is 31.2 Å². The zero-order valence-corrected chi connectivity index (χ0v) is 21.8. The molecule has 0 radical (unpaired) electrons. The number of methoxy groups -OCH3 is 1. The predicted molar refractivity (Wildman–Crippen MR) is 144 cm³/mol. The third-order valence-corrected chi connectivity index (χ3v) is 6.37. The second kappa shape index (κ2) is 12.5. The van der Waals surface area contributed by atoms with Gasteiger partial charge in [0.15, 0.2) is 17.2 Å². The second-order valence-corrected chi connectivity index (χ2v) is 9.32. The van der Waals surface area contributed by atoms with Crippen molar-refractivity contribution in [3.8, 4) is 23.0 Å². The lowest BCUT2D eigenvalue weighted by molar-refractivity contribution is -0.116. The number of ether oxygens (including phenoxy) is 3. The number of rotatable bonds is 2. The molecule has 3 aromatic rings. The molecular formula is C29H31ClN2O5. The van der Waals surface area contributed by atoms with E-state index in [1.165, 1.54) is 0 Å². The quantitative estimate of drug-likeness (QED) is 0.416. The molecule has 7 nitrogen and oxygen atoms in total. The Kier molecular flexibility index (Phi) is 8.90. The van der Waals surface area contributed by atoms with Gasteiger partial charge < -0.3 is 24.4 Å². The zero-order chi connectivity index (χ0) is 26.2. The number of carbonyl (C=O) groups is 2. The van der Waals surface area contributed by atoms with E-state index in [-0.39, 0.29) is 18.4 Å². The van der Waals surface area contributed by atoms with Crippen LogP contribution in [0.1, 0.15) is 41.6 Å². The third-order valence-electron chi connectivity index (χ3n) is 6.13. The summed E-state index contributed by atoms with van der Waals surface area (Å²) in [5.74, 6) is 1.49. The summed E-state index contributed by atoms with van der Waals surface area (Å²) in [5, 5.41) is 3.32. The largest absolute Gasteiger partial charge is 0.496 e. The maximum atomic E-state index is 13.6. The van der Waals surface area contributed by atoms with Gasteiger partial charge in [-0.15, -0.1) is 0 Å². The summed E-state index contributed by atoms with van der Waals surface area (Å²) in [6.45, 7) is 2.75. The molecule has 4 rings (SSSR count). The van der Waals surface area contributed by atoms with Crippen LogP contribution in [-0.4, -0.2) is 43.5 Å². The van der Waals surface area contributed by atoms with E-state index >= 15 is 0 Å². The second-order valence-electron chi connectivity index (χ2n) is 8.88. The van der Waals surface area contributed by atoms with Gasteiger partial charge in [-0.25, -0.2) is 0 Å². The number of nitrogens with one attached hydrogen (secondary N) is 1. The highest BCUT2D eigenvalue weighted by Gasteiger charge is 2.23. The highest BCUT2D eigenvalue weighted by atomic mass is 35.5. The van der Waals surface area contributed by atoms with Gasteiger partial charge in [-0.1, -0.05) is 48.7 Å². The normalized spacial score (nSPS) is 14.9. The van der Waals surface area contributed by atoms with Crippen LogP contribution in [0.2, 0.25) is 5.02 Å². The molecule has 0 aromatic heterocycles. The van der Waals surface area contributed by atoms with Crippen molar-refractivity contribution < 1.29 is 23.8 Å². The minimum Gasteiger partial charge on any atom is -0.496 e. The summed E-state index contributed by atoms with van der Waals surface area (Å²) in [5.41, 5.74) is 1.69. The number of para-hydroxylation sites is 3. The number of amides is 2. The molecular weight excluding hydrogens is 492 g/mol. The van der Waals surface area contributed by atoms with E-state index in [4.69, 9.17) is 25.8 Å². The SMILES string of the molecule is COc1c(C)cccc1C(=O)N1CCCCCCOc2ccccc2Oc2ccc(Cl)cc2NC(=O)C1. The van der Waals surface area contributed by atoms with Gasteiger partial charge in [-0.3, -0.25) is 9.59 Å². The van der Waals surface area contributed by atoms with Crippen LogP contribution in [0.15, 0.2) is 60.7 Å². The number of hydrogen-bond donors (Lipinski definition) is 1. The Labute approximate surface area is 222 Å². The highest BCUT2D eigenvalue weighted by molar-refractivity contribution is 6.31. The third kappa shape index (κ3) is 6.74. The molecule has 194 valence electrons. The number of aryl methyl sites for hydroxylation is 1. The molecule has 0 spiro atoms. The van der Waals surface area contributed by atoms with E-state index in [0.29, 0.717) is 52.4 Å². The van der Waals surface area contributed by atoms with Crippen LogP contribution in [0.3, 0.4) is 0 Å². The topological polar surface area (TPSA) is 77.1 Å². The number of benzene rings is 3. The van der Waals surface area contributed by atoms with Crippen LogP contribution in [-0.2, 0) is 4.79 Å². The lowest BCUT2D eigenvalue weighted by atomic mass is 10.1. The van der Waals surface area contributed by atoms with Crippen LogP contribution in [0, 0.1) is 6.92 Å². The van der Waals surface area contributed by atoms with Crippen molar-refractivity contribution in [2.45, 2.75) is 32.6 Å². The Hall–Kier alpha value is -3.71. The number of nitrogens with zero attached hydrogens (tertiary/aromatic N) is 1. The van der Waals surface area contributed by atoms with Crippen molar-refractivity contribution in [2.75, 3.05) is 32.1 Å². The average molecular weight is 523 g/mol. The van der Waals surface area contributed by atoms with Gasteiger partial charge in [-0.2, -0.15) is 0 Å². The van der Waals surface area contributed by atoms with Crippen LogP contribution in [0.5, 0.6) is 23.0 Å². The fourth-order valence-corrected chi connectivity index (χ4v) is 4.45. The summed E-state index contributed by atoms with van der Waals surface area (Å²) in [7, 11) is 1.54. The summed E-state index contributed by atoms with van der Waals surface area (Å²) < 4.78 is 17.6. The lowest BCUT2D eigenvalue weighted by Crippen LogP contribution is -2.39. The molecule has 37 heavy (non-hydrogen) atoms. The van der Waals surface area contributed by atoms with Crippen LogP contribution >= 0.6 is 11.6 Å². The molecule has 1 heterocycles. The van der Waals surface area contributed by atoms with Crippen molar-refractivity contribution in [2.24, 2.45) is 0 Å². The Bertz CT molecular complexity index is 1260. The molecule has 8 heteroatoms. The van der Waals surface area contributed by atoms with Crippen LogP contribution in [0.4, 0.5) is 5.69 Å². The maximum absolute atomic E-state index is 13.6. The fourth-order valence-electron chi connectivity index (χ4n) is 4.28. The number of hydrogen-bond acceptors (Lipinski definition) is 5. The first-order valence-electron chi connectivity index (χ1n) is 12.4. The first-order valence-corrected chi connectivity index (χ1v) is 12.8. The summed E-state index contributed by atoms with van der Waals surface area (Å²) >= 11 is 6.23. The van der Waals surface area contributed by atoms with Gasteiger partial charge in [0.1, 0.15) is 12.3 Å². The van der Waals surface area contributed by atoms with Crippen molar-refractivity contribution in [3.63, 3.8) is 0 Å². The van der Waals surface area contributed by atoms with Crippen LogP contribution < -0.4 is 19.5 Å². The van der Waals surface area contributed by atoms with Crippen molar-refractivity contribution >= 4 is 29.1 Å². The smallest absolute Gasteiger partial charge is 0.258 e. The first-order chi connectivity index (χ1) is 18.0. The molecule has 0 aliphatic carbocycles. The summed E-state index contributed by atoms with van der Waals surface area (Å²) in [4.78, 5) is 28.3. The van der Waals surface area contributed by atoms with Crippen molar-refractivity contribution in [1.29, 1.82) is 0 Å². The van der Waals surface area contributed by atoms with Gasteiger partial charge in [0.05, 0.1) is 25.0 Å². The van der Waals surface area contributed by atoms with Gasteiger partial charge in [0, 0.05) is 11.6 Å². The van der Waals surface area contributed by atoms with Gasteiger partial charge in [-0.05, 0) is 61.7 Å². The van der Waals surface area contributed by atoms with Crippen molar-refractivity contribution in [3.05, 3.63) is 76.8 Å². The van der Waals surface area contributed by atoms with Crippen molar-refractivity contribution in [1.82, 2.24) is 4.90 Å². The summed E-state index contributed by atoms with van der Waals surface area (Å²) in [6, 6.07) is 17.8. The molecule has 0 bridgehead atoms. The number of fused-ring (bicyclic) bond motifs is 2. The van der Waals surface area contributed by atoms with Gasteiger partial charge >= 0.3 is 0 Å². The maximum Gasteiger partial charge on any atom is 0.258 e. The van der Waals surface area contributed by atoms with E-state index in [2.05, 4.69) is 5.32 Å². The average Bonchev–Trinajstić information content (AvgIpc) is 2.88. The first kappa shape index (κ1) is 26.4. The highest BCUT2D eigenvalue weighted by Crippen LogP contribution is 2.36. The van der Waals surface area contributed by atoms with E-state index in [9.17, 15) is 9.59 Å². The summed E-state index contributed by atoms with van der Waals surface area (Å²) in [6.07, 6.45) is 3.46. The standard InChI is InChI=1S/C29H31ClN2O5/c1-20-10-9-11-22(28(20)35-2)29(34)32-16-7-3-4-8-17-36-25-12-5-6-13-26(25)37-24-15-14-21(30)18-23(24)31-27(33)19-32/h5-6,9-15,18H,3-4,7-8,16-17,19H2,1-2H3,(H,31,33). The molecule has 2 amide bonds. The number of halogens is 1. The Morgan fingerprint density at radius 1 is 0.973 bits per heavy atom. The molecule has 0 saturated carbocycles. The van der Waals surface area contributed by atoms with E-state index in [1.807, 2.05) is 43.3 Å². The minimum absolute atomic E-state index is 0.123. The minimum atomic E-state index is -0.358. The Morgan fingerprint density at radius 3 is 2.57 bits per heavy atom. The molecule has 0 saturated heterocycles. The molecule has 1 N–H and O–H groups in total. The predicted octanol–water partition coefficient (Wildman–Crippen LogP) is 6.48. The molecule has 0 atom stereocenters. The van der Waals surface area contributed by atoms with E-state index in [1.54, 1.807) is 36.3 Å². The lowest BCUT2D eigenvalue weighted by Gasteiger charge is -2.24. The Balaban J connectivity index is 1.63. The molecule has 1 aliphatic heterocycles. The molecule has 3 aromatic carbocycles. The molecule has 1 aliphatic rings. The monoisotopic (exact) mass is 522 g/mol. The van der Waals surface area contributed by atoms with Crippen LogP contribution in [0.25, 0.3) is 0 Å².